The summed E-state index contributed by atoms with van der Waals surface area (Å²) in [5.74, 6) is 1.35. The average Bonchev–Trinajstić information content (AvgIpc) is 2.04. The SMILES string of the molecule is C=CC(C)CC=CC(C)CC. The highest BCUT2D eigenvalue weighted by atomic mass is 14.0. The molecule has 0 spiro atoms. The van der Waals surface area contributed by atoms with Crippen molar-refractivity contribution in [2.45, 2.75) is 33.6 Å². The number of hydrogen-bond donors (Lipinski definition) is 0. The van der Waals surface area contributed by atoms with Crippen LogP contribution in [0.25, 0.3) is 0 Å². The van der Waals surface area contributed by atoms with Crippen molar-refractivity contribution in [3.8, 4) is 0 Å². The van der Waals surface area contributed by atoms with Crippen molar-refractivity contribution < 1.29 is 0 Å². The minimum Gasteiger partial charge on any atom is -0.103 e. The lowest BCUT2D eigenvalue weighted by Gasteiger charge is -2.01. The minimum atomic E-state index is 0.621. The van der Waals surface area contributed by atoms with Gasteiger partial charge in [0.1, 0.15) is 0 Å². The van der Waals surface area contributed by atoms with Gasteiger partial charge in [-0.15, -0.1) is 6.58 Å². The fourth-order valence-electron chi connectivity index (χ4n) is 0.758. The molecule has 0 fully saturated rings. The summed E-state index contributed by atoms with van der Waals surface area (Å²) in [4.78, 5) is 0. The number of hydrogen-bond acceptors (Lipinski definition) is 0. The second-order valence-electron chi connectivity index (χ2n) is 3.26. The average molecular weight is 152 g/mol. The van der Waals surface area contributed by atoms with Crippen LogP contribution in [0.1, 0.15) is 33.6 Å². The van der Waals surface area contributed by atoms with Gasteiger partial charge in [0.15, 0.2) is 0 Å². The van der Waals surface area contributed by atoms with E-state index in [0.29, 0.717) is 5.92 Å². The zero-order valence-electron chi connectivity index (χ0n) is 8.01. The lowest BCUT2D eigenvalue weighted by molar-refractivity contribution is 0.683. The Bertz CT molecular complexity index is 122. The largest absolute Gasteiger partial charge is 0.103 e. The highest BCUT2D eigenvalue weighted by Crippen LogP contribution is 2.07. The number of rotatable bonds is 5. The highest BCUT2D eigenvalue weighted by Gasteiger charge is 1.92. The van der Waals surface area contributed by atoms with Crippen LogP contribution in [0.15, 0.2) is 24.8 Å². The van der Waals surface area contributed by atoms with Crippen LogP contribution in [-0.2, 0) is 0 Å². The van der Waals surface area contributed by atoms with Gasteiger partial charge in [0.2, 0.25) is 0 Å². The quantitative estimate of drug-likeness (QED) is 0.526. The van der Waals surface area contributed by atoms with Gasteiger partial charge in [-0.25, -0.2) is 0 Å². The molecular formula is C11H20. The molecule has 0 aliphatic heterocycles. The summed E-state index contributed by atoms with van der Waals surface area (Å²) >= 11 is 0. The van der Waals surface area contributed by atoms with Crippen LogP contribution in [-0.4, -0.2) is 0 Å². The molecule has 0 aromatic rings. The van der Waals surface area contributed by atoms with Gasteiger partial charge in [-0.2, -0.15) is 0 Å². The predicted octanol–water partition coefficient (Wildman–Crippen LogP) is 3.80. The van der Waals surface area contributed by atoms with Crippen LogP contribution < -0.4 is 0 Å². The second-order valence-corrected chi connectivity index (χ2v) is 3.26. The molecule has 0 nitrogen and oxygen atoms in total. The zero-order valence-corrected chi connectivity index (χ0v) is 8.01. The Morgan fingerprint density at radius 3 is 2.36 bits per heavy atom. The summed E-state index contributed by atoms with van der Waals surface area (Å²) < 4.78 is 0. The van der Waals surface area contributed by atoms with Gasteiger partial charge in [0.25, 0.3) is 0 Å². The monoisotopic (exact) mass is 152 g/mol. The van der Waals surface area contributed by atoms with Crippen LogP contribution in [0.4, 0.5) is 0 Å². The van der Waals surface area contributed by atoms with Crippen LogP contribution in [0.2, 0.25) is 0 Å². The Hall–Kier alpha value is -0.520. The highest BCUT2D eigenvalue weighted by molar-refractivity contribution is 4.90. The molecule has 0 saturated carbocycles. The first-order valence-electron chi connectivity index (χ1n) is 4.49. The third kappa shape index (κ3) is 5.90. The van der Waals surface area contributed by atoms with Crippen molar-refractivity contribution in [2.24, 2.45) is 11.8 Å². The molecule has 64 valence electrons. The first kappa shape index (κ1) is 10.5. The fraction of sp³-hybridized carbons (Fsp3) is 0.636. The molecule has 0 rings (SSSR count). The summed E-state index contributed by atoms with van der Waals surface area (Å²) in [7, 11) is 0. The Morgan fingerprint density at radius 2 is 1.91 bits per heavy atom. The van der Waals surface area contributed by atoms with Crippen molar-refractivity contribution >= 4 is 0 Å². The van der Waals surface area contributed by atoms with Crippen LogP contribution in [0.5, 0.6) is 0 Å². The summed E-state index contributed by atoms with van der Waals surface area (Å²) in [5, 5.41) is 0. The fourth-order valence-corrected chi connectivity index (χ4v) is 0.758. The van der Waals surface area contributed by atoms with Gasteiger partial charge in [-0.3, -0.25) is 0 Å². The molecule has 0 radical (unpaired) electrons. The van der Waals surface area contributed by atoms with Gasteiger partial charge in [-0.1, -0.05) is 45.4 Å². The van der Waals surface area contributed by atoms with E-state index >= 15 is 0 Å². The Balaban J connectivity index is 3.50. The molecule has 2 atom stereocenters. The normalized spacial score (nSPS) is 16.6. The van der Waals surface area contributed by atoms with Crippen molar-refractivity contribution in [3.05, 3.63) is 24.8 Å². The first-order valence-corrected chi connectivity index (χ1v) is 4.49. The first-order chi connectivity index (χ1) is 5.20. The van der Waals surface area contributed by atoms with Gasteiger partial charge < -0.3 is 0 Å². The molecule has 0 aliphatic rings. The molecule has 0 aliphatic carbocycles. The van der Waals surface area contributed by atoms with E-state index in [-0.39, 0.29) is 0 Å². The maximum absolute atomic E-state index is 3.74. The van der Waals surface area contributed by atoms with E-state index in [0.717, 1.165) is 12.3 Å². The van der Waals surface area contributed by atoms with E-state index in [4.69, 9.17) is 0 Å². The van der Waals surface area contributed by atoms with Crippen molar-refractivity contribution in [2.75, 3.05) is 0 Å². The summed E-state index contributed by atoms with van der Waals surface area (Å²) in [6.45, 7) is 10.4. The standard InChI is InChI=1S/C11H20/c1-5-10(3)8-7-9-11(4)6-2/h5,7,9-11H,1,6,8H2,2-4H3. The zero-order chi connectivity index (χ0) is 8.69. The second kappa shape index (κ2) is 6.21. The van der Waals surface area contributed by atoms with Gasteiger partial charge >= 0.3 is 0 Å². The van der Waals surface area contributed by atoms with Gasteiger partial charge in [0.05, 0.1) is 0 Å². The summed E-state index contributed by atoms with van der Waals surface area (Å²) in [6.07, 6.45) is 8.92. The Labute approximate surface area is 71.0 Å². The molecule has 11 heavy (non-hydrogen) atoms. The van der Waals surface area contributed by atoms with Crippen molar-refractivity contribution in [1.29, 1.82) is 0 Å². The van der Waals surface area contributed by atoms with Crippen molar-refractivity contribution in [1.82, 2.24) is 0 Å². The maximum atomic E-state index is 3.74. The van der Waals surface area contributed by atoms with Crippen molar-refractivity contribution in [3.63, 3.8) is 0 Å². The van der Waals surface area contributed by atoms with E-state index in [9.17, 15) is 0 Å². The minimum absolute atomic E-state index is 0.621. The number of allylic oxidation sites excluding steroid dienone is 3. The molecule has 0 aromatic carbocycles. The third-order valence-electron chi connectivity index (χ3n) is 2.02. The van der Waals surface area contributed by atoms with E-state index in [2.05, 4.69) is 39.5 Å². The molecule has 0 aromatic heterocycles. The molecule has 0 heterocycles. The summed E-state index contributed by atoms with van der Waals surface area (Å²) in [6, 6.07) is 0. The van der Waals surface area contributed by atoms with Gasteiger partial charge in [-0.05, 0) is 18.3 Å². The van der Waals surface area contributed by atoms with Crippen LogP contribution in [0.3, 0.4) is 0 Å². The smallest absolute Gasteiger partial charge is 0.0230 e. The van der Waals surface area contributed by atoms with Gasteiger partial charge in [0, 0.05) is 0 Å². The molecular weight excluding hydrogens is 132 g/mol. The molecule has 0 heteroatoms. The summed E-state index contributed by atoms with van der Waals surface area (Å²) in [5.41, 5.74) is 0. The lowest BCUT2D eigenvalue weighted by Crippen LogP contribution is -1.87. The van der Waals surface area contributed by atoms with Crippen LogP contribution in [0, 0.1) is 11.8 Å². The Morgan fingerprint density at radius 1 is 1.27 bits per heavy atom. The molecule has 0 N–H and O–H groups in total. The molecule has 0 amide bonds. The van der Waals surface area contributed by atoms with E-state index in [1.807, 2.05) is 6.08 Å². The lowest BCUT2D eigenvalue weighted by atomic mass is 10.0. The maximum Gasteiger partial charge on any atom is -0.0230 e. The molecule has 0 saturated heterocycles. The molecule has 0 bridgehead atoms. The van der Waals surface area contributed by atoms with E-state index in [1.165, 1.54) is 6.42 Å². The third-order valence-corrected chi connectivity index (χ3v) is 2.02. The molecule has 2 unspecified atom stereocenters. The Kier molecular flexibility index (Phi) is 5.91. The topological polar surface area (TPSA) is 0 Å². The van der Waals surface area contributed by atoms with E-state index < -0.39 is 0 Å². The van der Waals surface area contributed by atoms with Crippen LogP contribution >= 0.6 is 0 Å². The van der Waals surface area contributed by atoms with E-state index in [1.54, 1.807) is 0 Å². The predicted molar refractivity (Wildman–Crippen MR) is 52.6 cm³/mol.